The van der Waals surface area contributed by atoms with Crippen molar-refractivity contribution in [2.45, 2.75) is 30.6 Å². The Morgan fingerprint density at radius 3 is 2.71 bits per heavy atom. The number of benzene rings is 1. The van der Waals surface area contributed by atoms with Crippen molar-refractivity contribution < 1.29 is 14.3 Å². The quantitative estimate of drug-likeness (QED) is 0.887. The van der Waals surface area contributed by atoms with Gasteiger partial charge in [-0.1, -0.05) is 24.3 Å². The molecule has 28 heavy (non-hydrogen) atoms. The summed E-state index contributed by atoms with van der Waals surface area (Å²) in [6, 6.07) is 11.9. The highest BCUT2D eigenvalue weighted by atomic mass is 16.5. The standard InChI is InChI=1S/C22H25N3O3/c1-28-15-20(26)25-11-8-22(9-12-25)13-18(17-6-2-3-7-19(17)22)21(27)24-16-5-4-10-23-14-16/h2-7,10,14,18H,8-9,11-13,15H2,1H3,(H,24,27)/t18-/m0/s1. The Morgan fingerprint density at radius 2 is 2.00 bits per heavy atom. The Balaban J connectivity index is 1.54. The van der Waals surface area contributed by atoms with Gasteiger partial charge in [0, 0.05) is 31.8 Å². The number of amides is 2. The number of anilines is 1. The number of likely N-dealkylation sites (tertiary alicyclic amines) is 1. The fourth-order valence-corrected chi connectivity index (χ4v) is 4.67. The molecule has 6 nitrogen and oxygen atoms in total. The maximum Gasteiger partial charge on any atom is 0.248 e. The molecule has 1 aromatic heterocycles. The van der Waals surface area contributed by atoms with Gasteiger partial charge in [-0.2, -0.15) is 0 Å². The van der Waals surface area contributed by atoms with Crippen molar-refractivity contribution in [3.05, 3.63) is 59.9 Å². The van der Waals surface area contributed by atoms with Crippen LogP contribution in [-0.4, -0.2) is 48.5 Å². The van der Waals surface area contributed by atoms with Gasteiger partial charge in [0.25, 0.3) is 0 Å². The van der Waals surface area contributed by atoms with E-state index in [-0.39, 0.29) is 29.8 Å². The van der Waals surface area contributed by atoms with Gasteiger partial charge in [-0.15, -0.1) is 0 Å². The number of rotatable bonds is 4. The van der Waals surface area contributed by atoms with Gasteiger partial charge < -0.3 is 15.0 Å². The van der Waals surface area contributed by atoms with Crippen LogP contribution in [0.4, 0.5) is 5.69 Å². The predicted octanol–water partition coefficient (Wildman–Crippen LogP) is 2.71. The van der Waals surface area contributed by atoms with E-state index in [4.69, 9.17) is 4.74 Å². The first-order valence-electron chi connectivity index (χ1n) is 9.70. The van der Waals surface area contributed by atoms with Crippen molar-refractivity contribution in [3.63, 3.8) is 0 Å². The number of piperidine rings is 1. The second-order valence-electron chi connectivity index (χ2n) is 7.67. The van der Waals surface area contributed by atoms with Gasteiger partial charge >= 0.3 is 0 Å². The summed E-state index contributed by atoms with van der Waals surface area (Å²) in [4.78, 5) is 31.1. The Kier molecular flexibility index (Phi) is 5.13. The summed E-state index contributed by atoms with van der Waals surface area (Å²) in [5.41, 5.74) is 3.05. The lowest BCUT2D eigenvalue weighted by atomic mass is 9.73. The highest BCUT2D eigenvalue weighted by molar-refractivity contribution is 5.96. The molecule has 1 aliphatic carbocycles. The van der Waals surface area contributed by atoms with E-state index in [0.29, 0.717) is 18.8 Å². The molecule has 1 spiro atoms. The maximum atomic E-state index is 13.0. The highest BCUT2D eigenvalue weighted by Gasteiger charge is 2.47. The molecule has 2 aliphatic rings. The Bertz CT molecular complexity index is 860. The summed E-state index contributed by atoms with van der Waals surface area (Å²) >= 11 is 0. The van der Waals surface area contributed by atoms with Crippen molar-refractivity contribution in [2.75, 3.05) is 32.1 Å². The van der Waals surface area contributed by atoms with E-state index < -0.39 is 0 Å². The Labute approximate surface area is 164 Å². The van der Waals surface area contributed by atoms with E-state index in [0.717, 1.165) is 24.8 Å². The molecule has 1 saturated heterocycles. The monoisotopic (exact) mass is 379 g/mol. The number of carbonyl (C=O) groups is 2. The topological polar surface area (TPSA) is 71.5 Å². The van der Waals surface area contributed by atoms with E-state index in [2.05, 4.69) is 22.4 Å². The second kappa shape index (κ2) is 7.72. The molecule has 1 N–H and O–H groups in total. The van der Waals surface area contributed by atoms with E-state index in [9.17, 15) is 9.59 Å². The summed E-state index contributed by atoms with van der Waals surface area (Å²) < 4.78 is 4.99. The average molecular weight is 379 g/mol. The maximum absolute atomic E-state index is 13.0. The summed E-state index contributed by atoms with van der Waals surface area (Å²) in [7, 11) is 1.54. The molecule has 2 heterocycles. The fraction of sp³-hybridized carbons (Fsp3) is 0.409. The molecule has 1 atom stereocenters. The first-order chi connectivity index (χ1) is 13.6. The van der Waals surface area contributed by atoms with Crippen LogP contribution in [0.1, 0.15) is 36.3 Å². The molecule has 0 radical (unpaired) electrons. The SMILES string of the molecule is COCC(=O)N1CCC2(CC1)C[C@H](C(=O)Nc1cccnc1)c1ccccc12. The average Bonchev–Trinajstić information content (AvgIpc) is 3.04. The van der Waals surface area contributed by atoms with Crippen molar-refractivity contribution in [1.82, 2.24) is 9.88 Å². The Hall–Kier alpha value is -2.73. The third-order valence-electron chi connectivity index (χ3n) is 6.09. The molecule has 0 saturated carbocycles. The van der Waals surface area contributed by atoms with Gasteiger partial charge in [-0.3, -0.25) is 14.6 Å². The van der Waals surface area contributed by atoms with Crippen LogP contribution in [0.2, 0.25) is 0 Å². The third kappa shape index (κ3) is 3.40. The van der Waals surface area contributed by atoms with E-state index >= 15 is 0 Å². The van der Waals surface area contributed by atoms with Gasteiger partial charge in [-0.25, -0.2) is 0 Å². The van der Waals surface area contributed by atoms with Crippen LogP contribution < -0.4 is 5.32 Å². The zero-order valence-corrected chi connectivity index (χ0v) is 16.1. The lowest BCUT2D eigenvalue weighted by Crippen LogP contribution is -2.45. The van der Waals surface area contributed by atoms with Gasteiger partial charge in [-0.05, 0) is 42.5 Å². The second-order valence-corrected chi connectivity index (χ2v) is 7.67. The van der Waals surface area contributed by atoms with E-state index in [1.54, 1.807) is 19.5 Å². The molecular formula is C22H25N3O3. The summed E-state index contributed by atoms with van der Waals surface area (Å²) in [6.07, 6.45) is 5.87. The van der Waals surface area contributed by atoms with Crippen molar-refractivity contribution in [3.8, 4) is 0 Å². The molecule has 2 amide bonds. The molecule has 0 unspecified atom stereocenters. The number of aromatic nitrogens is 1. The van der Waals surface area contributed by atoms with Gasteiger partial charge in [0.2, 0.25) is 11.8 Å². The number of methoxy groups -OCH3 is 1. The highest BCUT2D eigenvalue weighted by Crippen LogP contribution is 2.51. The van der Waals surface area contributed by atoms with Crippen molar-refractivity contribution in [1.29, 1.82) is 0 Å². The zero-order chi connectivity index (χ0) is 19.6. The minimum Gasteiger partial charge on any atom is -0.375 e. The van der Waals surface area contributed by atoms with Crippen LogP contribution in [0.5, 0.6) is 0 Å². The normalized spacial score (nSPS) is 20.0. The number of nitrogens with zero attached hydrogens (tertiary/aromatic N) is 2. The number of hydrogen-bond acceptors (Lipinski definition) is 4. The zero-order valence-electron chi connectivity index (χ0n) is 16.1. The minimum absolute atomic E-state index is 0.00946. The summed E-state index contributed by atoms with van der Waals surface area (Å²) in [5.74, 6) is -0.137. The van der Waals surface area contributed by atoms with Crippen molar-refractivity contribution in [2.24, 2.45) is 0 Å². The molecule has 1 aliphatic heterocycles. The van der Waals surface area contributed by atoms with Gasteiger partial charge in [0.15, 0.2) is 0 Å². The number of ether oxygens (including phenoxy) is 1. The molecular weight excluding hydrogens is 354 g/mol. The molecule has 2 aromatic rings. The lowest BCUT2D eigenvalue weighted by Gasteiger charge is -2.40. The number of fused-ring (bicyclic) bond motifs is 2. The third-order valence-corrected chi connectivity index (χ3v) is 6.09. The summed E-state index contributed by atoms with van der Waals surface area (Å²) in [5, 5.41) is 3.01. The van der Waals surface area contributed by atoms with E-state index in [1.807, 2.05) is 29.2 Å². The number of carbonyl (C=O) groups excluding carboxylic acids is 2. The molecule has 1 fully saturated rings. The Morgan fingerprint density at radius 1 is 1.21 bits per heavy atom. The molecule has 146 valence electrons. The summed E-state index contributed by atoms with van der Waals surface area (Å²) in [6.45, 7) is 1.53. The van der Waals surface area contributed by atoms with Gasteiger partial charge in [0.1, 0.15) is 6.61 Å². The smallest absolute Gasteiger partial charge is 0.248 e. The van der Waals surface area contributed by atoms with Crippen LogP contribution in [0.25, 0.3) is 0 Å². The number of pyridine rings is 1. The predicted molar refractivity (Wildman–Crippen MR) is 106 cm³/mol. The van der Waals surface area contributed by atoms with Crippen molar-refractivity contribution >= 4 is 17.5 Å². The van der Waals surface area contributed by atoms with Crippen LogP contribution in [0, 0.1) is 0 Å². The van der Waals surface area contributed by atoms with Crippen LogP contribution in [0.15, 0.2) is 48.8 Å². The van der Waals surface area contributed by atoms with Crippen LogP contribution in [0.3, 0.4) is 0 Å². The molecule has 1 aromatic carbocycles. The minimum atomic E-state index is -0.183. The van der Waals surface area contributed by atoms with Gasteiger partial charge in [0.05, 0.1) is 17.8 Å². The molecule has 0 bridgehead atoms. The largest absolute Gasteiger partial charge is 0.375 e. The van der Waals surface area contributed by atoms with Crippen LogP contribution in [-0.2, 0) is 19.7 Å². The fourth-order valence-electron chi connectivity index (χ4n) is 4.67. The lowest BCUT2D eigenvalue weighted by molar-refractivity contribution is -0.136. The first kappa shape index (κ1) is 18.6. The molecule has 6 heteroatoms. The molecule has 4 rings (SSSR count). The van der Waals surface area contributed by atoms with E-state index in [1.165, 1.54) is 5.56 Å². The first-order valence-corrected chi connectivity index (χ1v) is 9.70. The van der Waals surface area contributed by atoms with Crippen LogP contribution >= 0.6 is 0 Å². The number of nitrogens with one attached hydrogen (secondary N) is 1. The number of hydrogen-bond donors (Lipinski definition) is 1.